The summed E-state index contributed by atoms with van der Waals surface area (Å²) in [4.78, 5) is 0. The molecule has 2 nitrogen and oxygen atoms in total. The van der Waals surface area contributed by atoms with Gasteiger partial charge >= 0.3 is 0 Å². The van der Waals surface area contributed by atoms with Crippen molar-refractivity contribution in [2.24, 2.45) is 0 Å². The molecule has 0 spiro atoms. The van der Waals surface area contributed by atoms with Gasteiger partial charge in [0, 0.05) is 0 Å². The zero-order valence-corrected chi connectivity index (χ0v) is 5.92. The van der Waals surface area contributed by atoms with Crippen LogP contribution >= 0.6 is 0 Å². The van der Waals surface area contributed by atoms with Crippen LogP contribution in [0.2, 0.25) is 0 Å². The second-order valence-electron chi connectivity index (χ2n) is 2.97. The molecule has 0 unspecified atom stereocenters. The average molecular weight is 140 g/mol. The Morgan fingerprint density at radius 2 is 2.50 bits per heavy atom. The van der Waals surface area contributed by atoms with Crippen molar-refractivity contribution in [3.8, 4) is 0 Å². The molecule has 0 saturated carbocycles. The quantitative estimate of drug-likeness (QED) is 0.505. The van der Waals surface area contributed by atoms with Crippen LogP contribution in [0.25, 0.3) is 0 Å². The van der Waals surface area contributed by atoms with E-state index in [4.69, 9.17) is 4.74 Å². The molecule has 1 N–H and O–H groups in total. The summed E-state index contributed by atoms with van der Waals surface area (Å²) in [6.07, 6.45) is 4.95. The summed E-state index contributed by atoms with van der Waals surface area (Å²) < 4.78 is 5.35. The molecule has 1 saturated heterocycles. The van der Waals surface area contributed by atoms with E-state index in [2.05, 4.69) is 6.08 Å². The van der Waals surface area contributed by atoms with Crippen LogP contribution in [0.3, 0.4) is 0 Å². The number of hydrogen-bond acceptors (Lipinski definition) is 2. The smallest absolute Gasteiger partial charge is 0.104 e. The Kier molecular flexibility index (Phi) is 1.51. The minimum absolute atomic E-state index is 0.0498. The predicted molar refractivity (Wildman–Crippen MR) is 37.7 cm³/mol. The lowest BCUT2D eigenvalue weighted by atomic mass is 9.94. The van der Waals surface area contributed by atoms with E-state index in [1.54, 1.807) is 0 Å². The summed E-state index contributed by atoms with van der Waals surface area (Å²) >= 11 is 0. The summed E-state index contributed by atoms with van der Waals surface area (Å²) in [6, 6.07) is 0. The normalized spacial score (nSPS) is 39.1. The molecule has 1 heterocycles. The SMILES string of the molecule is O[C@H]1CCC=C2CCO[C@H]21. The van der Waals surface area contributed by atoms with Crippen molar-refractivity contribution in [1.82, 2.24) is 0 Å². The lowest BCUT2D eigenvalue weighted by Gasteiger charge is -2.22. The summed E-state index contributed by atoms with van der Waals surface area (Å²) in [6.45, 7) is 0.799. The number of fused-ring (bicyclic) bond motifs is 1. The highest BCUT2D eigenvalue weighted by Gasteiger charge is 2.30. The van der Waals surface area contributed by atoms with Crippen LogP contribution in [-0.4, -0.2) is 23.9 Å². The van der Waals surface area contributed by atoms with Crippen LogP contribution in [0.1, 0.15) is 19.3 Å². The third-order valence-electron chi connectivity index (χ3n) is 2.27. The zero-order chi connectivity index (χ0) is 6.97. The van der Waals surface area contributed by atoms with Crippen LogP contribution in [0.15, 0.2) is 11.6 Å². The second-order valence-corrected chi connectivity index (χ2v) is 2.97. The highest BCUT2D eigenvalue weighted by atomic mass is 16.5. The fraction of sp³-hybridized carbons (Fsp3) is 0.750. The van der Waals surface area contributed by atoms with Gasteiger partial charge in [-0.2, -0.15) is 0 Å². The van der Waals surface area contributed by atoms with Gasteiger partial charge in [0.25, 0.3) is 0 Å². The summed E-state index contributed by atoms with van der Waals surface area (Å²) in [5, 5.41) is 9.41. The van der Waals surface area contributed by atoms with Crippen LogP contribution in [0.4, 0.5) is 0 Å². The van der Waals surface area contributed by atoms with E-state index in [0.29, 0.717) is 0 Å². The molecule has 2 heteroatoms. The van der Waals surface area contributed by atoms with Crippen molar-refractivity contribution in [2.45, 2.75) is 31.5 Å². The van der Waals surface area contributed by atoms with Crippen LogP contribution < -0.4 is 0 Å². The topological polar surface area (TPSA) is 29.5 Å². The zero-order valence-electron chi connectivity index (χ0n) is 5.92. The maximum atomic E-state index is 9.41. The average Bonchev–Trinajstić information content (AvgIpc) is 2.36. The van der Waals surface area contributed by atoms with Crippen molar-refractivity contribution in [2.75, 3.05) is 6.61 Å². The van der Waals surface area contributed by atoms with Gasteiger partial charge in [-0.05, 0) is 24.8 Å². The highest BCUT2D eigenvalue weighted by Crippen LogP contribution is 2.29. The van der Waals surface area contributed by atoms with E-state index >= 15 is 0 Å². The molecule has 1 aliphatic heterocycles. The molecular weight excluding hydrogens is 128 g/mol. The molecule has 0 aromatic rings. The monoisotopic (exact) mass is 140 g/mol. The van der Waals surface area contributed by atoms with E-state index in [9.17, 15) is 5.11 Å². The standard InChI is InChI=1S/C8H12O2/c9-7-3-1-2-6-4-5-10-8(6)7/h2,7-9H,1,3-5H2/t7-,8+/m0/s1. The fourth-order valence-electron chi connectivity index (χ4n) is 1.72. The van der Waals surface area contributed by atoms with E-state index in [0.717, 1.165) is 25.9 Å². The molecule has 2 atom stereocenters. The molecule has 2 aliphatic rings. The van der Waals surface area contributed by atoms with Gasteiger partial charge in [-0.3, -0.25) is 0 Å². The van der Waals surface area contributed by atoms with Gasteiger partial charge < -0.3 is 9.84 Å². The number of aliphatic hydroxyl groups excluding tert-OH is 1. The third-order valence-corrected chi connectivity index (χ3v) is 2.27. The minimum Gasteiger partial charge on any atom is -0.390 e. The van der Waals surface area contributed by atoms with E-state index in [1.165, 1.54) is 5.57 Å². The summed E-state index contributed by atoms with van der Waals surface area (Å²) in [7, 11) is 0. The van der Waals surface area contributed by atoms with Crippen molar-refractivity contribution in [1.29, 1.82) is 0 Å². The Bertz CT molecular complexity index is 163. The van der Waals surface area contributed by atoms with Crippen molar-refractivity contribution in [3.63, 3.8) is 0 Å². The molecule has 0 bridgehead atoms. The molecule has 56 valence electrons. The second kappa shape index (κ2) is 2.36. The molecule has 1 aliphatic carbocycles. The highest BCUT2D eigenvalue weighted by molar-refractivity contribution is 5.17. The summed E-state index contributed by atoms with van der Waals surface area (Å²) in [5.41, 5.74) is 1.32. The van der Waals surface area contributed by atoms with Gasteiger partial charge in [0.15, 0.2) is 0 Å². The van der Waals surface area contributed by atoms with E-state index in [-0.39, 0.29) is 12.2 Å². The van der Waals surface area contributed by atoms with Gasteiger partial charge in [-0.15, -0.1) is 0 Å². The van der Waals surface area contributed by atoms with Crippen molar-refractivity contribution < 1.29 is 9.84 Å². The molecule has 1 fully saturated rings. The third kappa shape index (κ3) is 0.879. The predicted octanol–water partition coefficient (Wildman–Crippen LogP) is 0.856. The van der Waals surface area contributed by atoms with Gasteiger partial charge in [-0.25, -0.2) is 0 Å². The summed E-state index contributed by atoms with van der Waals surface area (Å²) in [5.74, 6) is 0. The van der Waals surface area contributed by atoms with Gasteiger partial charge in [0.2, 0.25) is 0 Å². The molecular formula is C8H12O2. The minimum atomic E-state index is -0.234. The van der Waals surface area contributed by atoms with E-state index < -0.39 is 0 Å². The van der Waals surface area contributed by atoms with Gasteiger partial charge in [0.05, 0.1) is 12.7 Å². The van der Waals surface area contributed by atoms with Gasteiger partial charge in [0.1, 0.15) is 6.10 Å². The number of allylic oxidation sites excluding steroid dienone is 1. The first-order valence-electron chi connectivity index (χ1n) is 3.86. The van der Waals surface area contributed by atoms with Crippen molar-refractivity contribution >= 4 is 0 Å². The number of aliphatic hydroxyl groups is 1. The van der Waals surface area contributed by atoms with E-state index in [1.807, 2.05) is 0 Å². The first-order valence-corrected chi connectivity index (χ1v) is 3.86. The fourth-order valence-corrected chi connectivity index (χ4v) is 1.72. The Morgan fingerprint density at radius 1 is 1.60 bits per heavy atom. The molecule has 0 aromatic heterocycles. The maximum Gasteiger partial charge on any atom is 0.104 e. The van der Waals surface area contributed by atoms with Gasteiger partial charge in [-0.1, -0.05) is 6.08 Å². The largest absolute Gasteiger partial charge is 0.390 e. The Labute approximate surface area is 60.5 Å². The Hall–Kier alpha value is -0.340. The molecule has 10 heavy (non-hydrogen) atoms. The van der Waals surface area contributed by atoms with Crippen LogP contribution in [0, 0.1) is 0 Å². The molecule has 0 radical (unpaired) electrons. The molecule has 0 amide bonds. The lowest BCUT2D eigenvalue weighted by Crippen LogP contribution is -2.28. The maximum absolute atomic E-state index is 9.41. The Morgan fingerprint density at radius 3 is 3.30 bits per heavy atom. The Balaban J connectivity index is 2.18. The number of hydrogen-bond donors (Lipinski definition) is 1. The molecule has 2 rings (SSSR count). The van der Waals surface area contributed by atoms with Crippen molar-refractivity contribution in [3.05, 3.63) is 11.6 Å². The number of ether oxygens (including phenoxy) is 1. The molecule has 0 aromatic carbocycles. The first kappa shape index (κ1) is 6.38. The van der Waals surface area contributed by atoms with Crippen LogP contribution in [-0.2, 0) is 4.74 Å². The lowest BCUT2D eigenvalue weighted by molar-refractivity contribution is 0.00511. The number of rotatable bonds is 0. The first-order chi connectivity index (χ1) is 4.88. The van der Waals surface area contributed by atoms with Crippen LogP contribution in [0.5, 0.6) is 0 Å².